The number of ether oxygens (including phenoxy) is 1. The number of piperazine rings is 1. The smallest absolute Gasteiger partial charge is 0.260 e. The molecule has 0 aliphatic carbocycles. The van der Waals surface area contributed by atoms with E-state index < -0.39 is 0 Å². The SMILES string of the molecule is O=C(c1ccccc1)c1ccc(OCC(=O)N2CCN(c3ccc(-c4ccc5ccccc5c4)nn3)CC2)cc1. The second kappa shape index (κ2) is 11.4. The van der Waals surface area contributed by atoms with Crippen LogP contribution in [0.2, 0.25) is 0 Å². The summed E-state index contributed by atoms with van der Waals surface area (Å²) in [7, 11) is 0. The van der Waals surface area contributed by atoms with Gasteiger partial charge in [-0.2, -0.15) is 0 Å². The number of carbonyl (C=O) groups excluding carboxylic acids is 2. The molecule has 0 bridgehead atoms. The Bertz CT molecular complexity index is 1630. The molecule has 6 rings (SSSR count). The number of fused-ring (bicyclic) bond motifs is 1. The first-order chi connectivity index (χ1) is 19.6. The molecule has 1 aliphatic rings. The van der Waals surface area contributed by atoms with E-state index in [0.29, 0.717) is 43.1 Å². The highest BCUT2D eigenvalue weighted by Gasteiger charge is 2.22. The van der Waals surface area contributed by atoms with Gasteiger partial charge in [0.1, 0.15) is 5.75 Å². The van der Waals surface area contributed by atoms with Gasteiger partial charge in [0.15, 0.2) is 18.2 Å². The average molecular weight is 529 g/mol. The summed E-state index contributed by atoms with van der Waals surface area (Å²) < 4.78 is 5.72. The standard InChI is InChI=1S/C33H28N4O3/c38-32(23-40-29-14-12-26(13-15-29)33(39)25-7-2-1-3-8-25)37-20-18-36(19-21-37)31-17-16-30(34-35-31)28-11-10-24-6-4-5-9-27(24)22-28/h1-17,22H,18-21,23H2. The van der Waals surface area contributed by atoms with Crippen molar-refractivity contribution in [3.05, 3.63) is 120 Å². The zero-order valence-electron chi connectivity index (χ0n) is 21.9. The van der Waals surface area contributed by atoms with Crippen LogP contribution in [0.4, 0.5) is 5.82 Å². The third-order valence-electron chi connectivity index (χ3n) is 7.17. The average Bonchev–Trinajstić information content (AvgIpc) is 3.04. The molecule has 0 N–H and O–H groups in total. The Morgan fingerprint density at radius 2 is 1.38 bits per heavy atom. The second-order valence-electron chi connectivity index (χ2n) is 9.71. The summed E-state index contributed by atoms with van der Waals surface area (Å²) in [5, 5.41) is 11.3. The van der Waals surface area contributed by atoms with E-state index >= 15 is 0 Å². The largest absolute Gasteiger partial charge is 0.484 e. The Morgan fingerprint density at radius 1 is 0.675 bits per heavy atom. The predicted octanol–water partition coefficient (Wildman–Crippen LogP) is 5.26. The van der Waals surface area contributed by atoms with Crippen molar-refractivity contribution in [2.45, 2.75) is 0 Å². The normalized spacial score (nSPS) is 13.3. The lowest BCUT2D eigenvalue weighted by molar-refractivity contribution is -0.133. The van der Waals surface area contributed by atoms with Crippen LogP contribution in [0.5, 0.6) is 5.75 Å². The van der Waals surface area contributed by atoms with Gasteiger partial charge in [-0.05, 0) is 53.2 Å². The molecular formula is C33H28N4O3. The summed E-state index contributed by atoms with van der Waals surface area (Å²) in [5.74, 6) is 1.24. The van der Waals surface area contributed by atoms with Crippen molar-refractivity contribution >= 4 is 28.3 Å². The van der Waals surface area contributed by atoms with Gasteiger partial charge >= 0.3 is 0 Å². The lowest BCUT2D eigenvalue weighted by Gasteiger charge is -2.35. The molecule has 1 saturated heterocycles. The number of carbonyl (C=O) groups is 2. The highest BCUT2D eigenvalue weighted by atomic mass is 16.5. The van der Waals surface area contributed by atoms with Gasteiger partial charge in [-0.25, -0.2) is 0 Å². The molecule has 7 heteroatoms. The topological polar surface area (TPSA) is 75.6 Å². The van der Waals surface area contributed by atoms with Gasteiger partial charge in [0.05, 0.1) is 5.69 Å². The van der Waals surface area contributed by atoms with Crippen LogP contribution in [0.1, 0.15) is 15.9 Å². The first kappa shape index (κ1) is 25.2. The maximum absolute atomic E-state index is 12.8. The molecule has 40 heavy (non-hydrogen) atoms. The molecule has 1 aliphatic heterocycles. The van der Waals surface area contributed by atoms with Crippen LogP contribution in [0, 0.1) is 0 Å². The first-order valence-electron chi connectivity index (χ1n) is 13.3. The predicted molar refractivity (Wildman–Crippen MR) is 156 cm³/mol. The number of amides is 1. The highest BCUT2D eigenvalue weighted by molar-refractivity contribution is 6.09. The first-order valence-corrected chi connectivity index (χ1v) is 13.3. The van der Waals surface area contributed by atoms with E-state index in [1.807, 2.05) is 42.5 Å². The van der Waals surface area contributed by atoms with Gasteiger partial charge in [-0.3, -0.25) is 9.59 Å². The number of rotatable bonds is 7. The van der Waals surface area contributed by atoms with Crippen molar-refractivity contribution in [3.63, 3.8) is 0 Å². The fourth-order valence-corrected chi connectivity index (χ4v) is 4.88. The molecule has 0 saturated carbocycles. The Labute approximate surface area is 232 Å². The number of hydrogen-bond acceptors (Lipinski definition) is 6. The van der Waals surface area contributed by atoms with Crippen LogP contribution in [0.25, 0.3) is 22.0 Å². The molecule has 0 radical (unpaired) electrons. The minimum atomic E-state index is -0.0678. The lowest BCUT2D eigenvalue weighted by Crippen LogP contribution is -2.50. The van der Waals surface area contributed by atoms with Crippen molar-refractivity contribution in [1.29, 1.82) is 0 Å². The number of hydrogen-bond donors (Lipinski definition) is 0. The van der Waals surface area contributed by atoms with E-state index in [-0.39, 0.29) is 18.3 Å². The molecule has 0 unspecified atom stereocenters. The van der Waals surface area contributed by atoms with Gasteiger partial charge in [0, 0.05) is 42.9 Å². The molecule has 1 amide bonds. The van der Waals surface area contributed by atoms with Gasteiger partial charge in [0.25, 0.3) is 5.91 Å². The van der Waals surface area contributed by atoms with Gasteiger partial charge in [-0.15, -0.1) is 10.2 Å². The Hall–Kier alpha value is -5.04. The third kappa shape index (κ3) is 5.54. The summed E-state index contributed by atoms with van der Waals surface area (Å²) in [6, 6.07) is 34.6. The van der Waals surface area contributed by atoms with E-state index in [1.54, 1.807) is 41.3 Å². The second-order valence-corrected chi connectivity index (χ2v) is 9.71. The number of ketones is 1. The molecule has 198 valence electrons. The summed E-state index contributed by atoms with van der Waals surface area (Å²) in [6.07, 6.45) is 0. The fourth-order valence-electron chi connectivity index (χ4n) is 4.88. The van der Waals surface area contributed by atoms with Crippen molar-refractivity contribution in [1.82, 2.24) is 15.1 Å². The molecule has 1 aromatic heterocycles. The summed E-state index contributed by atoms with van der Waals surface area (Å²) in [5.41, 5.74) is 3.08. The zero-order valence-corrected chi connectivity index (χ0v) is 21.9. The van der Waals surface area contributed by atoms with Crippen LogP contribution in [-0.4, -0.2) is 59.6 Å². The zero-order chi connectivity index (χ0) is 27.3. The summed E-state index contributed by atoms with van der Waals surface area (Å²) >= 11 is 0. The molecule has 0 spiro atoms. The molecule has 5 aromatic rings. The Morgan fingerprint density at radius 3 is 2.10 bits per heavy atom. The van der Waals surface area contributed by atoms with Crippen LogP contribution in [-0.2, 0) is 4.79 Å². The van der Waals surface area contributed by atoms with Crippen LogP contribution in [0.15, 0.2) is 109 Å². The van der Waals surface area contributed by atoms with Crippen molar-refractivity contribution in [3.8, 4) is 17.0 Å². The van der Waals surface area contributed by atoms with E-state index in [2.05, 4.69) is 45.4 Å². The molecule has 4 aromatic carbocycles. The van der Waals surface area contributed by atoms with Crippen molar-refractivity contribution in [2.75, 3.05) is 37.7 Å². The maximum Gasteiger partial charge on any atom is 0.260 e. The monoisotopic (exact) mass is 528 g/mol. The summed E-state index contributed by atoms with van der Waals surface area (Å²) in [6.45, 7) is 2.46. The third-order valence-corrected chi connectivity index (χ3v) is 7.17. The van der Waals surface area contributed by atoms with E-state index in [0.717, 1.165) is 17.1 Å². The Balaban J connectivity index is 0.997. The van der Waals surface area contributed by atoms with Gasteiger partial charge < -0.3 is 14.5 Å². The quantitative estimate of drug-likeness (QED) is 0.269. The molecule has 2 heterocycles. The van der Waals surface area contributed by atoms with Gasteiger partial charge in [0.2, 0.25) is 0 Å². The molecular weight excluding hydrogens is 500 g/mol. The van der Waals surface area contributed by atoms with Crippen molar-refractivity contribution < 1.29 is 14.3 Å². The molecule has 7 nitrogen and oxygen atoms in total. The van der Waals surface area contributed by atoms with E-state index in [4.69, 9.17) is 4.74 Å². The maximum atomic E-state index is 12.8. The Kier molecular flexibility index (Phi) is 7.18. The minimum absolute atomic E-state index is 0.0471. The molecule has 1 fully saturated rings. The minimum Gasteiger partial charge on any atom is -0.484 e. The summed E-state index contributed by atoms with van der Waals surface area (Å²) in [4.78, 5) is 29.3. The van der Waals surface area contributed by atoms with Crippen LogP contribution >= 0.6 is 0 Å². The lowest BCUT2D eigenvalue weighted by atomic mass is 10.0. The van der Waals surface area contributed by atoms with E-state index in [1.165, 1.54) is 10.8 Å². The van der Waals surface area contributed by atoms with Crippen LogP contribution in [0.3, 0.4) is 0 Å². The highest BCUT2D eigenvalue weighted by Crippen LogP contribution is 2.24. The van der Waals surface area contributed by atoms with E-state index in [9.17, 15) is 9.59 Å². The number of nitrogens with zero attached hydrogens (tertiary/aromatic N) is 4. The van der Waals surface area contributed by atoms with Crippen LogP contribution < -0.4 is 9.64 Å². The van der Waals surface area contributed by atoms with Crippen molar-refractivity contribution in [2.24, 2.45) is 0 Å². The van der Waals surface area contributed by atoms with Gasteiger partial charge in [-0.1, -0.05) is 66.7 Å². The number of aromatic nitrogens is 2. The number of anilines is 1. The fraction of sp³-hybridized carbons (Fsp3) is 0.152. The number of benzene rings is 4. The molecule has 0 atom stereocenters.